The first-order valence-electron chi connectivity index (χ1n) is 7.67. The van der Waals surface area contributed by atoms with Gasteiger partial charge in [0.25, 0.3) is 5.91 Å². The number of rotatable bonds is 5. The Morgan fingerprint density at radius 3 is 2.68 bits per heavy atom. The van der Waals surface area contributed by atoms with Crippen LogP contribution in [-0.4, -0.2) is 22.0 Å². The number of anilines is 1. The molecule has 2 aromatic heterocycles. The molecule has 0 spiro atoms. The van der Waals surface area contributed by atoms with Crippen molar-refractivity contribution in [2.75, 3.05) is 5.32 Å². The van der Waals surface area contributed by atoms with Gasteiger partial charge in [-0.3, -0.25) is 10.1 Å². The lowest BCUT2D eigenvalue weighted by atomic mass is 10.2. The molecule has 3 rings (SSSR count). The molecule has 0 aliphatic carbocycles. The van der Waals surface area contributed by atoms with Gasteiger partial charge in [-0.05, 0) is 50.2 Å². The lowest BCUT2D eigenvalue weighted by molar-refractivity contribution is 0.102. The van der Waals surface area contributed by atoms with E-state index in [0.717, 1.165) is 17.0 Å². The van der Waals surface area contributed by atoms with E-state index >= 15 is 0 Å². The predicted octanol–water partition coefficient (Wildman–Crippen LogP) is 4.90. The van der Waals surface area contributed by atoms with Crippen LogP contribution < -0.4 is 10.1 Å². The fourth-order valence-corrected chi connectivity index (χ4v) is 3.04. The van der Waals surface area contributed by atoms with Crippen LogP contribution in [0.5, 0.6) is 5.75 Å². The second-order valence-electron chi connectivity index (χ2n) is 5.55. The minimum Gasteiger partial charge on any atom is -0.491 e. The normalized spacial score (nSPS) is 10.7. The quantitative estimate of drug-likeness (QED) is 0.646. The molecule has 0 bridgehead atoms. The van der Waals surface area contributed by atoms with Crippen LogP contribution in [0.3, 0.4) is 0 Å². The number of aromatic nitrogens is 2. The number of nitrogens with one attached hydrogen (secondary N) is 1. The number of hydrogen-bond donors (Lipinski definition) is 1. The summed E-state index contributed by atoms with van der Waals surface area (Å²) in [7, 11) is 0. The van der Waals surface area contributed by atoms with Gasteiger partial charge in [0, 0.05) is 22.7 Å². The molecule has 0 unspecified atom stereocenters. The summed E-state index contributed by atoms with van der Waals surface area (Å²) in [5.74, 6) is 0.544. The molecule has 5 nitrogen and oxygen atoms in total. The summed E-state index contributed by atoms with van der Waals surface area (Å²) in [5.41, 5.74) is 2.19. The average Bonchev–Trinajstić information content (AvgIpc) is 3.03. The van der Waals surface area contributed by atoms with Crippen LogP contribution in [0.25, 0.3) is 11.3 Å². The zero-order valence-electron chi connectivity index (χ0n) is 13.7. The number of amides is 1. The van der Waals surface area contributed by atoms with E-state index in [9.17, 15) is 4.79 Å². The molecule has 1 aromatic carbocycles. The maximum absolute atomic E-state index is 12.2. The zero-order chi connectivity index (χ0) is 17.8. The number of pyridine rings is 1. The Bertz CT molecular complexity index is 878. The Morgan fingerprint density at radius 1 is 1.24 bits per heavy atom. The Kier molecular flexibility index (Phi) is 5.31. The maximum atomic E-state index is 12.2. The van der Waals surface area contributed by atoms with Crippen molar-refractivity contribution in [3.8, 4) is 17.0 Å². The van der Waals surface area contributed by atoms with Crippen molar-refractivity contribution >= 4 is 34.0 Å². The van der Waals surface area contributed by atoms with Gasteiger partial charge in [-0.25, -0.2) is 9.97 Å². The molecule has 7 heteroatoms. The first kappa shape index (κ1) is 17.4. The predicted molar refractivity (Wildman–Crippen MR) is 101 cm³/mol. The fourth-order valence-electron chi connectivity index (χ4n) is 2.15. The molecule has 3 aromatic rings. The Hall–Kier alpha value is -2.44. The van der Waals surface area contributed by atoms with E-state index in [2.05, 4.69) is 15.3 Å². The highest BCUT2D eigenvalue weighted by molar-refractivity contribution is 7.14. The van der Waals surface area contributed by atoms with Gasteiger partial charge in [0.05, 0.1) is 11.8 Å². The highest BCUT2D eigenvalue weighted by atomic mass is 35.5. The van der Waals surface area contributed by atoms with E-state index < -0.39 is 0 Å². The zero-order valence-corrected chi connectivity index (χ0v) is 15.3. The van der Waals surface area contributed by atoms with E-state index in [1.807, 2.05) is 43.5 Å². The number of benzene rings is 1. The van der Waals surface area contributed by atoms with Crippen molar-refractivity contribution in [1.29, 1.82) is 0 Å². The summed E-state index contributed by atoms with van der Waals surface area (Å²) in [6.07, 6.45) is 1.62. The Balaban J connectivity index is 1.71. The van der Waals surface area contributed by atoms with Crippen LogP contribution in [0.15, 0.2) is 48.0 Å². The van der Waals surface area contributed by atoms with Crippen LogP contribution in [0, 0.1) is 0 Å². The van der Waals surface area contributed by atoms with Gasteiger partial charge >= 0.3 is 0 Å². The van der Waals surface area contributed by atoms with Gasteiger partial charge in [0.15, 0.2) is 5.13 Å². The molecule has 1 N–H and O–H groups in total. The highest BCUT2D eigenvalue weighted by Crippen LogP contribution is 2.27. The number of nitrogens with zero attached hydrogens (tertiary/aromatic N) is 2. The van der Waals surface area contributed by atoms with Crippen molar-refractivity contribution in [2.45, 2.75) is 20.0 Å². The topological polar surface area (TPSA) is 64.1 Å². The van der Waals surface area contributed by atoms with Gasteiger partial charge in [-0.15, -0.1) is 11.3 Å². The van der Waals surface area contributed by atoms with Crippen LogP contribution >= 0.6 is 22.9 Å². The van der Waals surface area contributed by atoms with Gasteiger partial charge in [0.1, 0.15) is 10.9 Å². The van der Waals surface area contributed by atoms with Crippen LogP contribution in [0.2, 0.25) is 5.15 Å². The Labute approximate surface area is 154 Å². The third-order valence-electron chi connectivity index (χ3n) is 3.24. The van der Waals surface area contributed by atoms with Crippen molar-refractivity contribution in [2.24, 2.45) is 0 Å². The largest absolute Gasteiger partial charge is 0.491 e. The summed E-state index contributed by atoms with van der Waals surface area (Å²) < 4.78 is 5.63. The van der Waals surface area contributed by atoms with Gasteiger partial charge < -0.3 is 4.74 Å². The summed E-state index contributed by atoms with van der Waals surface area (Å²) >= 11 is 7.17. The number of carbonyl (C=O) groups is 1. The minimum absolute atomic E-state index is 0.133. The molecule has 1 amide bonds. The lowest BCUT2D eigenvalue weighted by Crippen LogP contribution is -2.11. The standard InChI is InChI=1S/C18H16ClN3O2S/c1-11(2)24-14-5-3-12(4-6-14)15-10-25-18(21-15)22-17(23)13-7-8-20-16(19)9-13/h3-11H,1-2H3,(H,21,22,23). The molecule has 0 saturated carbocycles. The van der Waals surface area contributed by atoms with Crippen LogP contribution in [-0.2, 0) is 0 Å². The molecule has 25 heavy (non-hydrogen) atoms. The number of carbonyl (C=O) groups excluding carboxylic acids is 1. The SMILES string of the molecule is CC(C)Oc1ccc(-c2csc(NC(=O)c3ccnc(Cl)c3)n2)cc1. The second-order valence-corrected chi connectivity index (χ2v) is 6.80. The van der Waals surface area contributed by atoms with Crippen LogP contribution in [0.1, 0.15) is 24.2 Å². The van der Waals surface area contributed by atoms with E-state index in [0.29, 0.717) is 10.7 Å². The molecule has 0 atom stereocenters. The number of halogens is 1. The number of thiazole rings is 1. The molecule has 0 saturated heterocycles. The van der Waals surface area contributed by atoms with Crippen LogP contribution in [0.4, 0.5) is 5.13 Å². The third-order valence-corrected chi connectivity index (χ3v) is 4.20. The van der Waals surface area contributed by atoms with E-state index in [4.69, 9.17) is 16.3 Å². The van der Waals surface area contributed by atoms with Crippen molar-refractivity contribution in [3.63, 3.8) is 0 Å². The van der Waals surface area contributed by atoms with E-state index in [1.165, 1.54) is 23.6 Å². The van der Waals surface area contributed by atoms with Gasteiger partial charge in [-0.2, -0.15) is 0 Å². The van der Waals surface area contributed by atoms with Crippen molar-refractivity contribution in [3.05, 3.63) is 58.7 Å². The summed E-state index contributed by atoms with van der Waals surface area (Å²) in [5, 5.41) is 5.46. The number of hydrogen-bond acceptors (Lipinski definition) is 5. The minimum atomic E-state index is -0.272. The van der Waals surface area contributed by atoms with Crippen molar-refractivity contribution < 1.29 is 9.53 Å². The van der Waals surface area contributed by atoms with Gasteiger partial charge in [-0.1, -0.05) is 11.6 Å². The first-order valence-corrected chi connectivity index (χ1v) is 8.92. The summed E-state index contributed by atoms with van der Waals surface area (Å²) in [6.45, 7) is 3.97. The molecule has 2 heterocycles. The second kappa shape index (κ2) is 7.63. The molecule has 0 fully saturated rings. The molecule has 128 valence electrons. The van der Waals surface area contributed by atoms with Crippen molar-refractivity contribution in [1.82, 2.24) is 9.97 Å². The molecule has 0 aliphatic heterocycles. The molecular weight excluding hydrogens is 358 g/mol. The Morgan fingerprint density at radius 2 is 2.00 bits per heavy atom. The molecule has 0 radical (unpaired) electrons. The average molecular weight is 374 g/mol. The smallest absolute Gasteiger partial charge is 0.257 e. The number of ether oxygens (including phenoxy) is 1. The summed E-state index contributed by atoms with van der Waals surface area (Å²) in [4.78, 5) is 20.5. The lowest BCUT2D eigenvalue weighted by Gasteiger charge is -2.09. The monoisotopic (exact) mass is 373 g/mol. The first-order chi connectivity index (χ1) is 12.0. The third kappa shape index (κ3) is 4.55. The van der Waals surface area contributed by atoms with E-state index in [1.54, 1.807) is 6.07 Å². The molecular formula is C18H16ClN3O2S. The molecule has 0 aliphatic rings. The fraction of sp³-hybridized carbons (Fsp3) is 0.167. The maximum Gasteiger partial charge on any atom is 0.257 e. The highest BCUT2D eigenvalue weighted by Gasteiger charge is 2.11. The van der Waals surface area contributed by atoms with Gasteiger partial charge in [0.2, 0.25) is 0 Å². The van der Waals surface area contributed by atoms with E-state index in [-0.39, 0.29) is 17.2 Å². The summed E-state index contributed by atoms with van der Waals surface area (Å²) in [6, 6.07) is 10.8.